The van der Waals surface area contributed by atoms with Crippen LogP contribution in [-0.4, -0.2) is 25.0 Å². The van der Waals surface area contributed by atoms with Gasteiger partial charge in [0, 0.05) is 13.6 Å². The lowest BCUT2D eigenvalue weighted by atomic mass is 9.87. The van der Waals surface area contributed by atoms with E-state index in [4.69, 9.17) is 0 Å². The topological polar surface area (TPSA) is 41.1 Å². The predicted octanol–water partition coefficient (Wildman–Crippen LogP) is 2.17. The molecule has 0 aliphatic heterocycles. The quantitative estimate of drug-likeness (QED) is 0.757. The molecule has 0 aliphatic carbocycles. The summed E-state index contributed by atoms with van der Waals surface area (Å²) in [4.78, 5) is 11.9. The van der Waals surface area contributed by atoms with Crippen molar-refractivity contribution >= 4 is 5.91 Å². The van der Waals surface area contributed by atoms with Crippen LogP contribution in [0.1, 0.15) is 48.0 Å². The van der Waals surface area contributed by atoms with Crippen molar-refractivity contribution in [3.05, 3.63) is 0 Å². The third-order valence-electron chi connectivity index (χ3n) is 2.55. The molecule has 0 fully saturated rings. The van der Waals surface area contributed by atoms with Crippen LogP contribution >= 0.6 is 0 Å². The zero-order valence-corrected chi connectivity index (χ0v) is 11.9. The van der Waals surface area contributed by atoms with Crippen LogP contribution in [0.4, 0.5) is 0 Å². The van der Waals surface area contributed by atoms with Crippen molar-refractivity contribution in [1.29, 1.82) is 0 Å². The largest absolute Gasteiger partial charge is 0.358 e. The first-order valence-corrected chi connectivity index (χ1v) is 6.08. The highest BCUT2D eigenvalue weighted by Gasteiger charge is 2.33. The third kappa shape index (κ3) is 5.50. The van der Waals surface area contributed by atoms with Crippen molar-refractivity contribution < 1.29 is 4.79 Å². The smallest absolute Gasteiger partial charge is 0.239 e. The van der Waals surface area contributed by atoms with E-state index < -0.39 is 5.54 Å². The Balaban J connectivity index is 4.61. The van der Waals surface area contributed by atoms with Crippen molar-refractivity contribution in [2.75, 3.05) is 13.6 Å². The molecule has 0 radical (unpaired) electrons. The number of hydrogen-bond acceptors (Lipinski definition) is 2. The fourth-order valence-corrected chi connectivity index (χ4v) is 1.80. The van der Waals surface area contributed by atoms with Crippen molar-refractivity contribution in [2.45, 2.75) is 53.5 Å². The minimum Gasteiger partial charge on any atom is -0.358 e. The van der Waals surface area contributed by atoms with Gasteiger partial charge in [0.25, 0.3) is 0 Å². The molecule has 0 aromatic rings. The van der Waals surface area contributed by atoms with E-state index in [1.54, 1.807) is 7.05 Å². The highest BCUT2D eigenvalue weighted by molar-refractivity contribution is 5.85. The van der Waals surface area contributed by atoms with Gasteiger partial charge in [-0.3, -0.25) is 4.79 Å². The molecule has 0 rings (SSSR count). The zero-order chi connectivity index (χ0) is 13.0. The molecule has 1 amide bonds. The molecule has 3 nitrogen and oxygen atoms in total. The number of carbonyl (C=O) groups is 1. The lowest BCUT2D eigenvalue weighted by Crippen LogP contribution is -2.56. The summed E-state index contributed by atoms with van der Waals surface area (Å²) in [6.45, 7) is 13.6. The van der Waals surface area contributed by atoms with Gasteiger partial charge < -0.3 is 10.6 Å². The molecule has 0 bridgehead atoms. The normalized spacial score (nSPS) is 16.0. The molecule has 0 saturated heterocycles. The summed E-state index contributed by atoms with van der Waals surface area (Å²) in [7, 11) is 1.69. The average Bonchev–Trinajstić information content (AvgIpc) is 2.11. The monoisotopic (exact) mass is 228 g/mol. The standard InChI is InChI=1S/C13H28N2O/c1-10(2)8-13(6,11(16)14-7)15-9-12(3,4)5/h10,15H,8-9H2,1-7H3,(H,14,16). The van der Waals surface area contributed by atoms with E-state index in [0.717, 1.165) is 13.0 Å². The van der Waals surface area contributed by atoms with Gasteiger partial charge in [0.1, 0.15) is 0 Å². The van der Waals surface area contributed by atoms with Crippen LogP contribution in [0.25, 0.3) is 0 Å². The number of likely N-dealkylation sites (N-methyl/N-ethyl adjacent to an activating group) is 1. The summed E-state index contributed by atoms with van der Waals surface area (Å²) in [5, 5.41) is 6.15. The van der Waals surface area contributed by atoms with Crippen LogP contribution < -0.4 is 10.6 Å². The number of rotatable bonds is 5. The SMILES string of the molecule is CNC(=O)C(C)(CC(C)C)NCC(C)(C)C. The van der Waals surface area contributed by atoms with Gasteiger partial charge >= 0.3 is 0 Å². The summed E-state index contributed by atoms with van der Waals surface area (Å²) in [6.07, 6.45) is 0.850. The Morgan fingerprint density at radius 2 is 1.69 bits per heavy atom. The number of hydrogen-bond donors (Lipinski definition) is 2. The molecule has 2 N–H and O–H groups in total. The minimum atomic E-state index is -0.462. The molecule has 1 atom stereocenters. The Bertz CT molecular complexity index is 231. The Morgan fingerprint density at radius 3 is 2.00 bits per heavy atom. The highest BCUT2D eigenvalue weighted by Crippen LogP contribution is 2.19. The Labute approximate surface area is 100 Å². The fraction of sp³-hybridized carbons (Fsp3) is 0.923. The van der Waals surface area contributed by atoms with E-state index in [0.29, 0.717) is 5.92 Å². The first kappa shape index (κ1) is 15.4. The van der Waals surface area contributed by atoms with Crippen molar-refractivity contribution in [3.63, 3.8) is 0 Å². The maximum absolute atomic E-state index is 11.9. The first-order chi connectivity index (χ1) is 7.10. The zero-order valence-electron chi connectivity index (χ0n) is 11.9. The first-order valence-electron chi connectivity index (χ1n) is 6.08. The second-order valence-electron chi connectivity index (χ2n) is 6.42. The van der Waals surface area contributed by atoms with Crippen molar-refractivity contribution in [1.82, 2.24) is 10.6 Å². The van der Waals surface area contributed by atoms with E-state index in [2.05, 4.69) is 45.3 Å². The van der Waals surface area contributed by atoms with Gasteiger partial charge in [-0.1, -0.05) is 34.6 Å². The molecule has 0 aliphatic rings. The summed E-state index contributed by atoms with van der Waals surface area (Å²) in [6, 6.07) is 0. The van der Waals surface area contributed by atoms with Gasteiger partial charge in [0.15, 0.2) is 0 Å². The van der Waals surface area contributed by atoms with Crippen molar-refractivity contribution in [2.24, 2.45) is 11.3 Å². The Kier molecular flexibility index (Phi) is 5.47. The summed E-state index contributed by atoms with van der Waals surface area (Å²) in [5.74, 6) is 0.570. The van der Waals surface area contributed by atoms with E-state index in [1.807, 2.05) is 6.92 Å². The van der Waals surface area contributed by atoms with E-state index >= 15 is 0 Å². The van der Waals surface area contributed by atoms with E-state index in [-0.39, 0.29) is 11.3 Å². The summed E-state index contributed by atoms with van der Waals surface area (Å²) in [5.41, 5.74) is -0.275. The lowest BCUT2D eigenvalue weighted by Gasteiger charge is -2.33. The Hall–Kier alpha value is -0.570. The molecule has 0 heterocycles. The summed E-state index contributed by atoms with van der Waals surface area (Å²) >= 11 is 0. The van der Waals surface area contributed by atoms with Crippen LogP contribution in [-0.2, 0) is 4.79 Å². The third-order valence-corrected chi connectivity index (χ3v) is 2.55. The average molecular weight is 228 g/mol. The number of nitrogens with one attached hydrogen (secondary N) is 2. The van der Waals surface area contributed by atoms with Crippen molar-refractivity contribution in [3.8, 4) is 0 Å². The molecule has 0 aromatic carbocycles. The number of carbonyl (C=O) groups excluding carboxylic acids is 1. The van der Waals surface area contributed by atoms with Crippen LogP contribution in [0, 0.1) is 11.3 Å². The number of amides is 1. The van der Waals surface area contributed by atoms with Gasteiger partial charge in [-0.15, -0.1) is 0 Å². The molecule has 0 saturated carbocycles. The van der Waals surface area contributed by atoms with Gasteiger partial charge in [0.05, 0.1) is 5.54 Å². The van der Waals surface area contributed by atoms with Crippen LogP contribution in [0.3, 0.4) is 0 Å². The van der Waals surface area contributed by atoms with Crippen LogP contribution in [0.2, 0.25) is 0 Å². The predicted molar refractivity (Wildman–Crippen MR) is 69.4 cm³/mol. The second kappa shape index (κ2) is 5.67. The lowest BCUT2D eigenvalue weighted by molar-refractivity contribution is -0.127. The minimum absolute atomic E-state index is 0.0745. The molecule has 3 heteroatoms. The molecule has 0 spiro atoms. The summed E-state index contributed by atoms with van der Waals surface area (Å²) < 4.78 is 0. The molecule has 16 heavy (non-hydrogen) atoms. The highest BCUT2D eigenvalue weighted by atomic mass is 16.2. The molecule has 96 valence electrons. The molecule has 1 unspecified atom stereocenters. The van der Waals surface area contributed by atoms with Crippen LogP contribution in [0.5, 0.6) is 0 Å². The molecule has 0 aromatic heterocycles. The Morgan fingerprint density at radius 1 is 1.19 bits per heavy atom. The van der Waals surface area contributed by atoms with Gasteiger partial charge in [-0.05, 0) is 24.7 Å². The van der Waals surface area contributed by atoms with Gasteiger partial charge in [-0.25, -0.2) is 0 Å². The van der Waals surface area contributed by atoms with E-state index in [1.165, 1.54) is 0 Å². The second-order valence-corrected chi connectivity index (χ2v) is 6.42. The molecular formula is C13H28N2O. The fourth-order valence-electron chi connectivity index (χ4n) is 1.80. The van der Waals surface area contributed by atoms with Crippen LogP contribution in [0.15, 0.2) is 0 Å². The maximum Gasteiger partial charge on any atom is 0.239 e. The van der Waals surface area contributed by atoms with Gasteiger partial charge in [0.2, 0.25) is 5.91 Å². The maximum atomic E-state index is 11.9. The van der Waals surface area contributed by atoms with E-state index in [9.17, 15) is 4.79 Å². The molecular weight excluding hydrogens is 200 g/mol. The van der Waals surface area contributed by atoms with Gasteiger partial charge in [-0.2, -0.15) is 0 Å².